The number of aromatic nitrogens is 2. The molecule has 0 amide bonds. The van der Waals surface area contributed by atoms with E-state index in [-0.39, 0.29) is 0 Å². The molecule has 1 fully saturated rings. The molecule has 3 rings (SSSR count). The number of thioether (sulfide) groups is 1. The third kappa shape index (κ3) is 1.48. The van der Waals surface area contributed by atoms with E-state index in [0.29, 0.717) is 5.25 Å². The molecule has 1 aliphatic rings. The molecule has 0 saturated carbocycles. The first-order chi connectivity index (χ1) is 7.90. The van der Waals surface area contributed by atoms with Crippen LogP contribution in [0.1, 0.15) is 23.9 Å². The topological polar surface area (TPSA) is 26.5 Å². The lowest BCUT2D eigenvalue weighted by atomic mass is 10.2. The highest BCUT2D eigenvalue weighted by Gasteiger charge is 2.22. The third-order valence-corrected chi connectivity index (χ3v) is 4.34. The Labute approximate surface area is 98.8 Å². The van der Waals surface area contributed by atoms with Gasteiger partial charge in [0.25, 0.3) is 0 Å². The fourth-order valence-corrected chi connectivity index (χ4v) is 3.48. The maximum absolute atomic E-state index is 5.40. The molecule has 1 saturated heterocycles. The summed E-state index contributed by atoms with van der Waals surface area (Å²) in [5.41, 5.74) is 1.11. The zero-order chi connectivity index (χ0) is 11.0. The van der Waals surface area contributed by atoms with Crippen LogP contribution in [0.4, 0.5) is 0 Å². The fourth-order valence-electron chi connectivity index (χ4n) is 2.21. The summed E-state index contributed by atoms with van der Waals surface area (Å²) in [7, 11) is 1.71. The summed E-state index contributed by atoms with van der Waals surface area (Å²) < 4.78 is 7.53. The highest BCUT2D eigenvalue weighted by Crippen LogP contribution is 2.40. The molecule has 84 valence electrons. The van der Waals surface area contributed by atoms with Gasteiger partial charge in [0.2, 0.25) is 0 Å². The minimum absolute atomic E-state index is 0.527. The van der Waals surface area contributed by atoms with Gasteiger partial charge in [-0.1, -0.05) is 6.07 Å². The van der Waals surface area contributed by atoms with Gasteiger partial charge in [-0.15, -0.1) is 0 Å². The van der Waals surface area contributed by atoms with Crippen molar-refractivity contribution in [2.45, 2.75) is 18.1 Å². The van der Waals surface area contributed by atoms with Crippen LogP contribution in [-0.4, -0.2) is 22.2 Å². The number of nitrogens with zero attached hydrogens (tertiary/aromatic N) is 2. The molecule has 0 aromatic carbocycles. The quantitative estimate of drug-likeness (QED) is 0.799. The predicted molar refractivity (Wildman–Crippen MR) is 66.2 cm³/mol. The molecule has 1 unspecified atom stereocenters. The van der Waals surface area contributed by atoms with Crippen molar-refractivity contribution < 1.29 is 4.74 Å². The van der Waals surface area contributed by atoms with E-state index in [0.717, 1.165) is 17.2 Å². The van der Waals surface area contributed by atoms with Crippen molar-refractivity contribution in [2.24, 2.45) is 0 Å². The van der Waals surface area contributed by atoms with Crippen molar-refractivity contribution in [2.75, 3.05) is 12.9 Å². The lowest BCUT2D eigenvalue weighted by molar-refractivity contribution is 0.390. The first kappa shape index (κ1) is 10.0. The average Bonchev–Trinajstić information content (AvgIpc) is 2.96. The molecule has 0 spiro atoms. The molecule has 3 nitrogen and oxygen atoms in total. The number of hydrogen-bond donors (Lipinski definition) is 0. The number of rotatable bonds is 2. The van der Waals surface area contributed by atoms with Crippen LogP contribution in [0, 0.1) is 0 Å². The molecular weight excluding hydrogens is 220 g/mol. The summed E-state index contributed by atoms with van der Waals surface area (Å²) in [6.07, 6.45) is 4.44. The monoisotopic (exact) mass is 234 g/mol. The van der Waals surface area contributed by atoms with Gasteiger partial charge in [0.15, 0.2) is 5.88 Å². The van der Waals surface area contributed by atoms with Gasteiger partial charge in [-0.2, -0.15) is 11.8 Å². The molecule has 0 radical (unpaired) electrons. The number of hydrogen-bond acceptors (Lipinski definition) is 3. The van der Waals surface area contributed by atoms with E-state index in [1.54, 1.807) is 7.11 Å². The molecule has 1 atom stereocenters. The van der Waals surface area contributed by atoms with E-state index >= 15 is 0 Å². The minimum Gasteiger partial charge on any atom is -0.482 e. The fraction of sp³-hybridized carbons (Fsp3) is 0.417. The number of fused-ring (bicyclic) bond motifs is 1. The van der Waals surface area contributed by atoms with Gasteiger partial charge < -0.3 is 4.74 Å². The van der Waals surface area contributed by atoms with Crippen LogP contribution < -0.4 is 4.74 Å². The number of methoxy groups -OCH3 is 1. The van der Waals surface area contributed by atoms with Crippen molar-refractivity contribution in [1.82, 2.24) is 9.38 Å². The highest BCUT2D eigenvalue weighted by atomic mass is 32.2. The molecule has 0 N–H and O–H groups in total. The lowest BCUT2D eigenvalue weighted by Crippen LogP contribution is -2.01. The Morgan fingerprint density at radius 1 is 1.50 bits per heavy atom. The highest BCUT2D eigenvalue weighted by molar-refractivity contribution is 7.99. The Morgan fingerprint density at radius 3 is 3.19 bits per heavy atom. The molecule has 0 aliphatic carbocycles. The van der Waals surface area contributed by atoms with Gasteiger partial charge in [-0.3, -0.25) is 4.40 Å². The van der Waals surface area contributed by atoms with Crippen LogP contribution >= 0.6 is 11.8 Å². The molecular formula is C12H14N2OS. The molecule has 1 aliphatic heterocycles. The Bertz CT molecular complexity index is 503. The van der Waals surface area contributed by atoms with E-state index in [9.17, 15) is 0 Å². The lowest BCUT2D eigenvalue weighted by Gasteiger charge is -2.10. The van der Waals surface area contributed by atoms with E-state index in [2.05, 4.69) is 15.5 Å². The summed E-state index contributed by atoms with van der Waals surface area (Å²) in [6, 6.07) is 6.05. The van der Waals surface area contributed by atoms with Gasteiger partial charge in [-0.25, -0.2) is 4.98 Å². The zero-order valence-corrected chi connectivity index (χ0v) is 10.0. The van der Waals surface area contributed by atoms with Crippen LogP contribution in [0.2, 0.25) is 0 Å². The molecule has 3 heterocycles. The van der Waals surface area contributed by atoms with Crippen LogP contribution in [0.3, 0.4) is 0 Å². The smallest absolute Gasteiger partial charge is 0.199 e. The molecule has 0 bridgehead atoms. The molecule has 2 aromatic heterocycles. The summed E-state index contributed by atoms with van der Waals surface area (Å²) >= 11 is 2.00. The number of imidazole rings is 1. The second-order valence-electron chi connectivity index (χ2n) is 3.95. The Balaban J connectivity index is 2.16. The van der Waals surface area contributed by atoms with Crippen LogP contribution in [-0.2, 0) is 0 Å². The van der Waals surface area contributed by atoms with Crippen molar-refractivity contribution in [3.8, 4) is 5.88 Å². The number of ether oxygens (including phenoxy) is 1. The summed E-state index contributed by atoms with van der Waals surface area (Å²) in [4.78, 5) is 4.55. The van der Waals surface area contributed by atoms with E-state index in [4.69, 9.17) is 4.74 Å². The first-order valence-electron chi connectivity index (χ1n) is 5.52. The molecule has 4 heteroatoms. The Kier molecular flexibility index (Phi) is 2.52. The van der Waals surface area contributed by atoms with Crippen molar-refractivity contribution >= 4 is 17.3 Å². The van der Waals surface area contributed by atoms with E-state index in [1.165, 1.54) is 18.6 Å². The Hall–Kier alpha value is -1.16. The SMILES string of the molecule is COc1cccc2cnc(C3CCCS3)n12. The van der Waals surface area contributed by atoms with Gasteiger partial charge in [0, 0.05) is 0 Å². The standard InChI is InChI=1S/C12H14N2OS/c1-15-11-6-2-4-9-8-13-12(14(9)11)10-5-3-7-16-10/h2,4,6,8,10H,3,5,7H2,1H3. The van der Waals surface area contributed by atoms with Gasteiger partial charge in [-0.05, 0) is 30.7 Å². The second-order valence-corrected chi connectivity index (χ2v) is 5.26. The van der Waals surface area contributed by atoms with Gasteiger partial charge in [0.05, 0.1) is 24.1 Å². The minimum atomic E-state index is 0.527. The van der Waals surface area contributed by atoms with Crippen LogP contribution in [0.15, 0.2) is 24.4 Å². The maximum atomic E-state index is 5.40. The summed E-state index contributed by atoms with van der Waals surface area (Å²) in [5, 5.41) is 0.527. The van der Waals surface area contributed by atoms with Crippen molar-refractivity contribution in [3.63, 3.8) is 0 Å². The molecule has 16 heavy (non-hydrogen) atoms. The maximum Gasteiger partial charge on any atom is 0.199 e. The van der Waals surface area contributed by atoms with Gasteiger partial charge >= 0.3 is 0 Å². The van der Waals surface area contributed by atoms with Crippen LogP contribution in [0.5, 0.6) is 5.88 Å². The second kappa shape index (κ2) is 4.01. The number of pyridine rings is 1. The Morgan fingerprint density at radius 2 is 2.44 bits per heavy atom. The largest absolute Gasteiger partial charge is 0.482 e. The summed E-state index contributed by atoms with van der Waals surface area (Å²) in [6.45, 7) is 0. The predicted octanol–water partition coefficient (Wildman–Crippen LogP) is 2.91. The normalized spacial score (nSPS) is 20.4. The van der Waals surface area contributed by atoms with E-state index in [1.807, 2.05) is 30.1 Å². The van der Waals surface area contributed by atoms with Crippen molar-refractivity contribution in [3.05, 3.63) is 30.2 Å². The van der Waals surface area contributed by atoms with Crippen molar-refractivity contribution in [1.29, 1.82) is 0 Å². The zero-order valence-electron chi connectivity index (χ0n) is 9.22. The first-order valence-corrected chi connectivity index (χ1v) is 6.57. The van der Waals surface area contributed by atoms with Crippen LogP contribution in [0.25, 0.3) is 5.52 Å². The average molecular weight is 234 g/mol. The summed E-state index contributed by atoms with van der Waals surface area (Å²) in [5.74, 6) is 3.25. The third-order valence-electron chi connectivity index (χ3n) is 2.97. The molecule has 2 aromatic rings. The van der Waals surface area contributed by atoms with Gasteiger partial charge in [0.1, 0.15) is 5.82 Å². The van der Waals surface area contributed by atoms with E-state index < -0.39 is 0 Å².